The van der Waals surface area contributed by atoms with E-state index in [2.05, 4.69) is 27.7 Å². The van der Waals surface area contributed by atoms with Crippen LogP contribution < -0.4 is 0 Å². The van der Waals surface area contributed by atoms with Crippen LogP contribution in [-0.2, 0) is 4.74 Å². The number of hydrogen-bond acceptors (Lipinski definition) is 1. The zero-order valence-electron chi connectivity index (χ0n) is 11.9. The van der Waals surface area contributed by atoms with Gasteiger partial charge < -0.3 is 4.74 Å². The van der Waals surface area contributed by atoms with Crippen molar-refractivity contribution in [1.82, 2.24) is 0 Å². The third kappa shape index (κ3) is 2.28. The van der Waals surface area contributed by atoms with Gasteiger partial charge in [0, 0.05) is 6.61 Å². The van der Waals surface area contributed by atoms with Crippen LogP contribution in [0.25, 0.3) is 0 Å². The average Bonchev–Trinajstić information content (AvgIpc) is 2.74. The first-order chi connectivity index (χ1) is 8.04. The topological polar surface area (TPSA) is 9.23 Å². The van der Waals surface area contributed by atoms with Gasteiger partial charge in [0.2, 0.25) is 0 Å². The van der Waals surface area contributed by atoms with Gasteiger partial charge in [-0.3, -0.25) is 0 Å². The third-order valence-electron chi connectivity index (χ3n) is 5.30. The predicted octanol–water partition coefficient (Wildman–Crippen LogP) is 4.61. The molecule has 1 heteroatoms. The summed E-state index contributed by atoms with van der Waals surface area (Å²) in [6, 6.07) is 0. The Bertz CT molecular complexity index is 258. The second-order valence-corrected chi connectivity index (χ2v) is 6.81. The molecule has 0 aromatic carbocycles. The summed E-state index contributed by atoms with van der Waals surface area (Å²) in [4.78, 5) is 0. The zero-order valence-corrected chi connectivity index (χ0v) is 11.9. The predicted molar refractivity (Wildman–Crippen MR) is 72.8 cm³/mol. The number of rotatable bonds is 6. The molecular weight excluding hydrogens is 208 g/mol. The van der Waals surface area contributed by atoms with Crippen molar-refractivity contribution >= 4 is 0 Å². The van der Waals surface area contributed by atoms with E-state index in [0.717, 1.165) is 24.9 Å². The largest absolute Gasteiger partial charge is 0.374 e. The lowest BCUT2D eigenvalue weighted by Crippen LogP contribution is -2.28. The highest BCUT2D eigenvalue weighted by Crippen LogP contribution is 2.70. The Hall–Kier alpha value is -0.0400. The number of ether oxygens (including phenoxy) is 1. The summed E-state index contributed by atoms with van der Waals surface area (Å²) in [7, 11) is 0. The van der Waals surface area contributed by atoms with Crippen LogP contribution in [0.1, 0.15) is 65.7 Å². The summed E-state index contributed by atoms with van der Waals surface area (Å²) in [5.74, 6) is 1.69. The van der Waals surface area contributed by atoms with Gasteiger partial charge in [-0.1, -0.05) is 53.4 Å². The summed E-state index contributed by atoms with van der Waals surface area (Å²) in [6.07, 6.45) is 8.89. The van der Waals surface area contributed by atoms with Gasteiger partial charge >= 0.3 is 0 Å². The number of fused-ring (bicyclic) bond motifs is 1. The lowest BCUT2D eigenvalue weighted by molar-refractivity contribution is -0.0267. The molecule has 0 aromatic rings. The van der Waals surface area contributed by atoms with E-state index < -0.39 is 0 Å². The molecule has 0 N–H and O–H groups in total. The van der Waals surface area contributed by atoms with Crippen molar-refractivity contribution in [2.75, 3.05) is 6.61 Å². The van der Waals surface area contributed by atoms with Gasteiger partial charge in [0.05, 0.1) is 5.60 Å². The Morgan fingerprint density at radius 3 is 2.65 bits per heavy atom. The fraction of sp³-hybridized carbons (Fsp3) is 0.938. The molecule has 3 unspecified atom stereocenters. The molecule has 0 spiro atoms. The molecule has 99 valence electrons. The van der Waals surface area contributed by atoms with Crippen LogP contribution in [0.3, 0.4) is 0 Å². The number of unbranched alkanes of at least 4 members (excludes halogenated alkanes) is 3. The van der Waals surface area contributed by atoms with E-state index in [1.165, 1.54) is 38.5 Å². The maximum atomic E-state index is 6.36. The quantitative estimate of drug-likeness (QED) is 0.613. The molecule has 0 aliphatic heterocycles. The van der Waals surface area contributed by atoms with E-state index in [-0.39, 0.29) is 5.60 Å². The van der Waals surface area contributed by atoms with Crippen molar-refractivity contribution < 1.29 is 4.74 Å². The second kappa shape index (κ2) is 4.91. The van der Waals surface area contributed by atoms with E-state index in [1.54, 1.807) is 0 Å². The van der Waals surface area contributed by atoms with Crippen molar-refractivity contribution in [3.05, 3.63) is 6.92 Å². The molecule has 0 aromatic heterocycles. The highest BCUT2D eigenvalue weighted by Gasteiger charge is 2.72. The molecule has 3 atom stereocenters. The molecule has 17 heavy (non-hydrogen) atoms. The first-order valence-corrected chi connectivity index (χ1v) is 7.48. The van der Waals surface area contributed by atoms with Gasteiger partial charge in [0.15, 0.2) is 0 Å². The van der Waals surface area contributed by atoms with E-state index in [9.17, 15) is 0 Å². The molecule has 0 bridgehead atoms. The third-order valence-corrected chi connectivity index (χ3v) is 5.30. The van der Waals surface area contributed by atoms with E-state index >= 15 is 0 Å². The fourth-order valence-corrected chi connectivity index (χ4v) is 4.05. The molecule has 2 rings (SSSR count). The van der Waals surface area contributed by atoms with Gasteiger partial charge in [-0.2, -0.15) is 0 Å². The van der Waals surface area contributed by atoms with E-state index in [1.807, 2.05) is 0 Å². The lowest BCUT2D eigenvalue weighted by atomic mass is 9.88. The molecule has 2 fully saturated rings. The highest BCUT2D eigenvalue weighted by atomic mass is 16.5. The summed E-state index contributed by atoms with van der Waals surface area (Å²) < 4.78 is 6.36. The molecule has 0 amide bonds. The van der Waals surface area contributed by atoms with Gasteiger partial charge in [-0.15, -0.1) is 0 Å². The zero-order chi connectivity index (χ0) is 12.5. The van der Waals surface area contributed by atoms with Crippen molar-refractivity contribution in [2.24, 2.45) is 17.3 Å². The number of hydrogen-bond donors (Lipinski definition) is 0. The van der Waals surface area contributed by atoms with E-state index in [4.69, 9.17) is 4.74 Å². The van der Waals surface area contributed by atoms with Crippen molar-refractivity contribution in [1.29, 1.82) is 0 Å². The van der Waals surface area contributed by atoms with E-state index in [0.29, 0.717) is 5.41 Å². The SMILES string of the molecule is [CH2]CCCCCOC12CC(C)CCC1C2(C)C. The minimum atomic E-state index is 0.245. The van der Waals surface area contributed by atoms with Crippen molar-refractivity contribution in [2.45, 2.75) is 71.3 Å². The smallest absolute Gasteiger partial charge is 0.0773 e. The molecule has 0 heterocycles. The Morgan fingerprint density at radius 1 is 1.18 bits per heavy atom. The first-order valence-electron chi connectivity index (χ1n) is 7.48. The molecule has 0 saturated heterocycles. The van der Waals surface area contributed by atoms with Gasteiger partial charge in [0.1, 0.15) is 0 Å². The molecule has 2 aliphatic carbocycles. The van der Waals surface area contributed by atoms with Crippen LogP contribution in [0.4, 0.5) is 0 Å². The van der Waals surface area contributed by atoms with Gasteiger partial charge in [0.25, 0.3) is 0 Å². The summed E-state index contributed by atoms with van der Waals surface area (Å²) in [5.41, 5.74) is 0.680. The minimum Gasteiger partial charge on any atom is -0.374 e. The summed E-state index contributed by atoms with van der Waals surface area (Å²) in [5, 5.41) is 0. The second-order valence-electron chi connectivity index (χ2n) is 6.81. The van der Waals surface area contributed by atoms with Crippen LogP contribution in [0, 0.1) is 24.2 Å². The minimum absolute atomic E-state index is 0.245. The Labute approximate surface area is 107 Å². The van der Waals surface area contributed by atoms with Crippen LogP contribution in [-0.4, -0.2) is 12.2 Å². The van der Waals surface area contributed by atoms with Crippen LogP contribution in [0.5, 0.6) is 0 Å². The average molecular weight is 237 g/mol. The highest BCUT2D eigenvalue weighted by molar-refractivity contribution is 5.22. The summed E-state index contributed by atoms with van der Waals surface area (Å²) in [6.45, 7) is 12.1. The fourth-order valence-electron chi connectivity index (χ4n) is 4.05. The molecule has 1 nitrogen and oxygen atoms in total. The summed E-state index contributed by atoms with van der Waals surface area (Å²) >= 11 is 0. The normalized spacial score (nSPS) is 38.8. The molecule has 2 saturated carbocycles. The van der Waals surface area contributed by atoms with Gasteiger partial charge in [-0.05, 0) is 36.5 Å². The first kappa shape index (κ1) is 13.4. The maximum absolute atomic E-state index is 6.36. The maximum Gasteiger partial charge on any atom is 0.0773 e. The standard InChI is InChI=1S/C16H29O/c1-5-6-7-8-11-17-16-12-13(2)9-10-14(16)15(16,3)4/h13-14H,1,5-12H2,2-4H3. The Balaban J connectivity index is 1.81. The van der Waals surface area contributed by atoms with Crippen LogP contribution in [0.2, 0.25) is 0 Å². The van der Waals surface area contributed by atoms with Crippen molar-refractivity contribution in [3.63, 3.8) is 0 Å². The van der Waals surface area contributed by atoms with Crippen LogP contribution >= 0.6 is 0 Å². The molecule has 1 radical (unpaired) electrons. The molecular formula is C16H29O. The van der Waals surface area contributed by atoms with Gasteiger partial charge in [-0.25, -0.2) is 0 Å². The van der Waals surface area contributed by atoms with Crippen molar-refractivity contribution in [3.8, 4) is 0 Å². The van der Waals surface area contributed by atoms with Crippen LogP contribution in [0.15, 0.2) is 0 Å². The molecule has 2 aliphatic rings. The Kier molecular flexibility index (Phi) is 3.87. The lowest BCUT2D eigenvalue weighted by Gasteiger charge is -2.28. The Morgan fingerprint density at radius 2 is 1.94 bits per heavy atom. The monoisotopic (exact) mass is 237 g/mol.